The van der Waals surface area contributed by atoms with E-state index in [1.807, 2.05) is 88.4 Å². The molecule has 0 aliphatic carbocycles. The smallest absolute Gasteiger partial charge is 0.410 e. The number of benzene rings is 2. The second kappa shape index (κ2) is 11.5. The van der Waals surface area contributed by atoms with Crippen molar-refractivity contribution < 1.29 is 28.2 Å². The summed E-state index contributed by atoms with van der Waals surface area (Å²) in [5, 5.41) is 0.811. The zero-order chi connectivity index (χ0) is 28.3. The van der Waals surface area contributed by atoms with Gasteiger partial charge in [0, 0.05) is 43.5 Å². The molecule has 0 spiro atoms. The summed E-state index contributed by atoms with van der Waals surface area (Å²) < 4.78 is 29.9. The molecule has 4 aromatic rings. The molecule has 8 nitrogen and oxygen atoms in total. The van der Waals surface area contributed by atoms with Gasteiger partial charge in [-0.3, -0.25) is 0 Å². The van der Waals surface area contributed by atoms with Crippen LogP contribution in [-0.4, -0.2) is 47.9 Å². The predicted molar refractivity (Wildman–Crippen MR) is 153 cm³/mol. The molecule has 2 aromatic heterocycles. The van der Waals surface area contributed by atoms with Gasteiger partial charge in [-0.2, -0.15) is 0 Å². The summed E-state index contributed by atoms with van der Waals surface area (Å²) in [7, 11) is 1.62. The molecular formula is C32H36N2O6. The summed E-state index contributed by atoms with van der Waals surface area (Å²) in [5.41, 5.74) is 1.90. The molecule has 0 atom stereocenters. The molecule has 1 saturated heterocycles. The number of piperidine rings is 1. The molecule has 0 unspecified atom stereocenters. The van der Waals surface area contributed by atoms with E-state index in [2.05, 4.69) is 0 Å². The van der Waals surface area contributed by atoms with Gasteiger partial charge >= 0.3 is 6.09 Å². The van der Waals surface area contributed by atoms with Gasteiger partial charge in [-0.15, -0.1) is 0 Å². The first kappa shape index (κ1) is 27.4. The lowest BCUT2D eigenvalue weighted by atomic mass is 10.1. The first-order valence-electron chi connectivity index (χ1n) is 13.6. The van der Waals surface area contributed by atoms with E-state index in [9.17, 15) is 4.79 Å². The lowest BCUT2D eigenvalue weighted by Crippen LogP contribution is -2.44. The van der Waals surface area contributed by atoms with Crippen molar-refractivity contribution >= 4 is 17.0 Å². The number of hydrogen-bond donors (Lipinski definition) is 0. The van der Waals surface area contributed by atoms with Crippen molar-refractivity contribution in [2.24, 2.45) is 0 Å². The highest BCUT2D eigenvalue weighted by Crippen LogP contribution is 2.39. The normalized spacial score (nSPS) is 14.3. The second-order valence-electron chi connectivity index (χ2n) is 11.0. The van der Waals surface area contributed by atoms with E-state index >= 15 is 0 Å². The Balaban J connectivity index is 1.43. The molecule has 0 N–H and O–H groups in total. The fraction of sp³-hybridized carbons (Fsp3) is 0.375. The van der Waals surface area contributed by atoms with Crippen molar-refractivity contribution in [1.29, 1.82) is 0 Å². The number of methoxy groups -OCH3 is 1. The maximum Gasteiger partial charge on any atom is 0.410 e. The van der Waals surface area contributed by atoms with E-state index in [0.29, 0.717) is 66.8 Å². The summed E-state index contributed by atoms with van der Waals surface area (Å²) in [4.78, 5) is 19.2. The molecule has 1 aliphatic heterocycles. The van der Waals surface area contributed by atoms with E-state index in [1.54, 1.807) is 12.0 Å². The number of aryl methyl sites for hydroxylation is 1. The zero-order valence-electron chi connectivity index (χ0n) is 23.7. The van der Waals surface area contributed by atoms with Crippen LogP contribution in [-0.2, 0) is 11.3 Å². The fourth-order valence-electron chi connectivity index (χ4n) is 4.67. The maximum absolute atomic E-state index is 12.5. The molecule has 1 amide bonds. The Morgan fingerprint density at radius 3 is 2.40 bits per heavy atom. The number of aromatic nitrogens is 1. The largest absolute Gasteiger partial charge is 0.493 e. The number of fused-ring (bicyclic) bond motifs is 1. The minimum Gasteiger partial charge on any atom is -0.493 e. The third-order valence-corrected chi connectivity index (χ3v) is 6.67. The number of hydrogen-bond acceptors (Lipinski definition) is 7. The van der Waals surface area contributed by atoms with Gasteiger partial charge < -0.3 is 28.3 Å². The first-order valence-corrected chi connectivity index (χ1v) is 13.6. The highest BCUT2D eigenvalue weighted by atomic mass is 16.6. The Kier molecular flexibility index (Phi) is 7.87. The average Bonchev–Trinajstić information content (AvgIpc) is 3.37. The third kappa shape index (κ3) is 6.50. The number of carbonyl (C=O) groups excluding carboxylic acids is 1. The Morgan fingerprint density at radius 1 is 1.00 bits per heavy atom. The maximum atomic E-state index is 12.5. The minimum atomic E-state index is -0.524. The zero-order valence-corrected chi connectivity index (χ0v) is 23.7. The van der Waals surface area contributed by atoms with Crippen LogP contribution in [0.5, 0.6) is 17.2 Å². The Hall–Kier alpha value is -4.20. The van der Waals surface area contributed by atoms with Gasteiger partial charge in [0.1, 0.15) is 35.5 Å². The van der Waals surface area contributed by atoms with E-state index < -0.39 is 5.60 Å². The summed E-state index contributed by atoms with van der Waals surface area (Å²) in [6.45, 7) is 9.06. The van der Waals surface area contributed by atoms with Crippen molar-refractivity contribution in [3.63, 3.8) is 0 Å². The monoisotopic (exact) mass is 544 g/mol. The quantitative estimate of drug-likeness (QED) is 0.244. The van der Waals surface area contributed by atoms with Gasteiger partial charge in [0.05, 0.1) is 12.6 Å². The summed E-state index contributed by atoms with van der Waals surface area (Å²) in [6.07, 6.45) is 1.01. The summed E-state index contributed by atoms with van der Waals surface area (Å²) in [5.74, 6) is 3.33. The fourth-order valence-corrected chi connectivity index (χ4v) is 4.67. The van der Waals surface area contributed by atoms with Crippen molar-refractivity contribution in [2.45, 2.75) is 58.8 Å². The Morgan fingerprint density at radius 2 is 1.75 bits per heavy atom. The number of pyridine rings is 1. The van der Waals surface area contributed by atoms with Crippen molar-refractivity contribution in [2.75, 3.05) is 20.2 Å². The topological polar surface area (TPSA) is 83.3 Å². The van der Waals surface area contributed by atoms with Crippen LogP contribution in [0, 0.1) is 6.92 Å². The van der Waals surface area contributed by atoms with Crippen LogP contribution >= 0.6 is 0 Å². The minimum absolute atomic E-state index is 0.0736. The van der Waals surface area contributed by atoms with Gasteiger partial charge in [-0.1, -0.05) is 30.3 Å². The van der Waals surface area contributed by atoms with Crippen LogP contribution in [0.2, 0.25) is 0 Å². The first-order chi connectivity index (χ1) is 19.2. The average molecular weight is 545 g/mol. The van der Waals surface area contributed by atoms with E-state index in [4.69, 9.17) is 28.3 Å². The summed E-state index contributed by atoms with van der Waals surface area (Å²) >= 11 is 0. The van der Waals surface area contributed by atoms with Crippen molar-refractivity contribution in [3.8, 4) is 28.7 Å². The predicted octanol–water partition coefficient (Wildman–Crippen LogP) is 7.17. The van der Waals surface area contributed by atoms with Crippen LogP contribution in [0.1, 0.15) is 44.9 Å². The van der Waals surface area contributed by atoms with E-state index in [-0.39, 0.29) is 12.2 Å². The second-order valence-corrected chi connectivity index (χ2v) is 11.0. The van der Waals surface area contributed by atoms with Crippen LogP contribution in [0.15, 0.2) is 65.1 Å². The number of furan rings is 1. The van der Waals surface area contributed by atoms with Crippen molar-refractivity contribution in [1.82, 2.24) is 9.88 Å². The standard InChI is InChI=1S/C32H36N2O6/c1-21-11-12-27(38-21)26-19-28(39-23-13-15-34(16-14-23)31(35)40-32(2,3)4)24-17-29(36-5)30(18-25(24)33-26)37-20-22-9-7-6-8-10-22/h6-12,17-19,23H,13-16,20H2,1-5H3. The van der Waals surface area contributed by atoms with E-state index in [1.165, 1.54) is 0 Å². The van der Waals surface area contributed by atoms with Crippen LogP contribution in [0.25, 0.3) is 22.4 Å². The lowest BCUT2D eigenvalue weighted by Gasteiger charge is -2.33. The molecule has 2 aromatic carbocycles. The molecule has 210 valence electrons. The van der Waals surface area contributed by atoms with Gasteiger partial charge in [-0.25, -0.2) is 9.78 Å². The SMILES string of the molecule is COc1cc2c(OC3CCN(C(=O)OC(C)(C)C)CC3)cc(-c3ccc(C)o3)nc2cc1OCc1ccccc1. The van der Waals surface area contributed by atoms with Gasteiger partial charge in [0.2, 0.25) is 0 Å². The number of nitrogens with zero attached hydrogens (tertiary/aromatic N) is 2. The molecule has 5 rings (SSSR count). The molecule has 0 radical (unpaired) electrons. The highest BCUT2D eigenvalue weighted by molar-refractivity contribution is 5.90. The Labute approximate surface area is 234 Å². The number of rotatable bonds is 7. The number of likely N-dealkylation sites (tertiary alicyclic amines) is 1. The molecule has 3 heterocycles. The summed E-state index contributed by atoms with van der Waals surface area (Å²) in [6, 6.07) is 19.5. The van der Waals surface area contributed by atoms with Gasteiger partial charge in [-0.05, 0) is 51.5 Å². The van der Waals surface area contributed by atoms with Crippen LogP contribution < -0.4 is 14.2 Å². The Bertz CT molecular complexity index is 1470. The highest BCUT2D eigenvalue weighted by Gasteiger charge is 2.28. The number of amides is 1. The third-order valence-electron chi connectivity index (χ3n) is 6.67. The molecule has 1 aliphatic rings. The molecule has 8 heteroatoms. The molecule has 0 saturated carbocycles. The number of carbonyl (C=O) groups is 1. The van der Waals surface area contributed by atoms with Crippen LogP contribution in [0.4, 0.5) is 4.79 Å². The molecular weight excluding hydrogens is 508 g/mol. The molecule has 1 fully saturated rings. The number of ether oxygens (including phenoxy) is 4. The van der Waals surface area contributed by atoms with Gasteiger partial charge in [0.25, 0.3) is 0 Å². The van der Waals surface area contributed by atoms with Gasteiger partial charge in [0.15, 0.2) is 17.3 Å². The molecule has 0 bridgehead atoms. The van der Waals surface area contributed by atoms with Crippen LogP contribution in [0.3, 0.4) is 0 Å². The lowest BCUT2D eigenvalue weighted by molar-refractivity contribution is 0.0128. The van der Waals surface area contributed by atoms with E-state index in [0.717, 1.165) is 16.7 Å². The molecule has 40 heavy (non-hydrogen) atoms. The van der Waals surface area contributed by atoms with Crippen molar-refractivity contribution in [3.05, 3.63) is 72.0 Å².